The van der Waals surface area contributed by atoms with E-state index in [1.807, 2.05) is 6.07 Å². The second kappa shape index (κ2) is 10.2. The van der Waals surface area contributed by atoms with Crippen molar-refractivity contribution in [3.8, 4) is 0 Å². The molecule has 194 valence electrons. The lowest BCUT2D eigenvalue weighted by Crippen LogP contribution is -2.55. The Morgan fingerprint density at radius 2 is 1.92 bits per heavy atom. The third-order valence-corrected chi connectivity index (χ3v) is 10.1. The van der Waals surface area contributed by atoms with Crippen molar-refractivity contribution in [2.75, 3.05) is 38.2 Å². The number of likely N-dealkylation sites (tertiary alicyclic amines) is 1. The first kappa shape index (κ1) is 26.8. The number of likely N-dealkylation sites (N-methyl/N-ethyl adjacent to an activating group) is 1. The summed E-state index contributed by atoms with van der Waals surface area (Å²) in [4.78, 5) is 46.9. The fourth-order valence-corrected chi connectivity index (χ4v) is 8.92. The topological polar surface area (TPSA) is 81.2 Å². The zero-order chi connectivity index (χ0) is 26.3. The van der Waals surface area contributed by atoms with Gasteiger partial charge in [-0.15, -0.1) is 24.9 Å². The molecule has 3 amide bonds. The molecule has 5 atom stereocenters. The minimum absolute atomic E-state index is 0.0888. The Bertz CT molecular complexity index is 1080. The fourth-order valence-electron chi connectivity index (χ4n) is 6.34. The van der Waals surface area contributed by atoms with Crippen molar-refractivity contribution in [2.45, 2.75) is 41.7 Å². The van der Waals surface area contributed by atoms with Gasteiger partial charge in [0.05, 0.1) is 27.3 Å². The number of hydrogen-bond acceptors (Lipinski definition) is 5. The molecule has 1 aromatic rings. The third-order valence-electron chi connectivity index (χ3n) is 7.83. The summed E-state index contributed by atoms with van der Waals surface area (Å²) in [6, 6.07) is 6.36. The number of rotatable bonds is 10. The highest BCUT2D eigenvalue weighted by atomic mass is 35.5. The van der Waals surface area contributed by atoms with Gasteiger partial charge in [0.2, 0.25) is 11.8 Å². The van der Waals surface area contributed by atoms with Gasteiger partial charge in [0.1, 0.15) is 6.04 Å². The molecule has 4 rings (SSSR count). The van der Waals surface area contributed by atoms with E-state index in [0.29, 0.717) is 30.1 Å². The van der Waals surface area contributed by atoms with Crippen LogP contribution in [0.1, 0.15) is 26.2 Å². The highest BCUT2D eigenvalue weighted by Crippen LogP contribution is 2.71. The molecule has 2 bridgehead atoms. The van der Waals surface area contributed by atoms with Gasteiger partial charge in [0, 0.05) is 38.0 Å². The highest BCUT2D eigenvalue weighted by Gasteiger charge is 2.77. The van der Waals surface area contributed by atoms with E-state index in [4.69, 9.17) is 11.6 Å². The molecule has 3 fully saturated rings. The predicted octanol–water partition coefficient (Wildman–Crippen LogP) is 3.37. The van der Waals surface area contributed by atoms with Gasteiger partial charge in [0.15, 0.2) is 0 Å². The van der Waals surface area contributed by atoms with Crippen LogP contribution in [0.5, 0.6) is 0 Å². The second-order valence-corrected chi connectivity index (χ2v) is 12.3. The van der Waals surface area contributed by atoms with E-state index in [2.05, 4.69) is 20.1 Å². The molecule has 1 aromatic carbocycles. The van der Waals surface area contributed by atoms with Crippen LogP contribution in [-0.4, -0.2) is 81.5 Å². The molecule has 0 saturated carbocycles. The summed E-state index contributed by atoms with van der Waals surface area (Å²) < 4.78 is -1.17. The number of carbonyl (C=O) groups excluding carboxylic acids is 3. The van der Waals surface area contributed by atoms with E-state index < -0.39 is 27.4 Å². The van der Waals surface area contributed by atoms with Crippen molar-refractivity contribution in [2.24, 2.45) is 11.8 Å². The Morgan fingerprint density at radius 3 is 2.56 bits per heavy atom. The van der Waals surface area contributed by atoms with Crippen LogP contribution in [0.2, 0.25) is 5.02 Å². The Labute approximate surface area is 222 Å². The first-order valence-corrected chi connectivity index (χ1v) is 13.5. The fraction of sp³-hybridized carbons (Fsp3) is 0.519. The summed E-state index contributed by atoms with van der Waals surface area (Å²) >= 11 is 8.12. The summed E-state index contributed by atoms with van der Waals surface area (Å²) in [5.74, 6) is -1.64. The zero-order valence-corrected chi connectivity index (χ0v) is 22.4. The summed E-state index contributed by atoms with van der Waals surface area (Å²) in [5, 5.41) is 9.98. The normalized spacial score (nSPS) is 30.3. The first-order chi connectivity index (χ1) is 17.2. The number of thioether (sulfide) groups is 1. The third kappa shape index (κ3) is 4.07. The number of halogens is 1. The van der Waals surface area contributed by atoms with Crippen LogP contribution in [0.25, 0.3) is 0 Å². The van der Waals surface area contributed by atoms with Gasteiger partial charge in [-0.25, -0.2) is 0 Å². The average Bonchev–Trinajstić information content (AvgIpc) is 3.41. The van der Waals surface area contributed by atoms with Gasteiger partial charge >= 0.3 is 0 Å². The summed E-state index contributed by atoms with van der Waals surface area (Å²) in [5.41, 5.74) is 0.556. The van der Waals surface area contributed by atoms with Crippen LogP contribution >= 0.6 is 23.4 Å². The molecule has 0 aromatic heterocycles. The number of aliphatic hydroxyl groups excluding tert-OH is 1. The number of benzene rings is 1. The molecule has 1 spiro atoms. The van der Waals surface area contributed by atoms with E-state index in [1.54, 1.807) is 63.9 Å². The Morgan fingerprint density at radius 1 is 1.22 bits per heavy atom. The van der Waals surface area contributed by atoms with Crippen LogP contribution < -0.4 is 4.90 Å². The van der Waals surface area contributed by atoms with Crippen molar-refractivity contribution < 1.29 is 19.5 Å². The number of para-hydroxylation sites is 1. The lowest BCUT2D eigenvalue weighted by atomic mass is 9.66. The van der Waals surface area contributed by atoms with Crippen LogP contribution in [0, 0.1) is 11.8 Å². The lowest BCUT2D eigenvalue weighted by Gasteiger charge is -2.38. The predicted molar refractivity (Wildman–Crippen MR) is 144 cm³/mol. The van der Waals surface area contributed by atoms with E-state index in [9.17, 15) is 19.5 Å². The van der Waals surface area contributed by atoms with Crippen molar-refractivity contribution in [1.29, 1.82) is 0 Å². The number of aliphatic hydroxyl groups is 1. The largest absolute Gasteiger partial charge is 0.396 e. The molecule has 3 aliphatic heterocycles. The molecule has 36 heavy (non-hydrogen) atoms. The molecule has 0 aliphatic carbocycles. The summed E-state index contributed by atoms with van der Waals surface area (Å²) in [7, 11) is 1.73. The highest BCUT2D eigenvalue weighted by molar-refractivity contribution is 8.02. The Balaban J connectivity index is 1.80. The van der Waals surface area contributed by atoms with Gasteiger partial charge in [0.25, 0.3) is 5.91 Å². The molecule has 0 radical (unpaired) electrons. The number of nitrogens with zero attached hydrogens (tertiary/aromatic N) is 3. The van der Waals surface area contributed by atoms with Gasteiger partial charge in [-0.2, -0.15) is 0 Å². The quantitative estimate of drug-likeness (QED) is 0.468. The first-order valence-electron chi connectivity index (χ1n) is 12.3. The Kier molecular flexibility index (Phi) is 7.60. The zero-order valence-electron chi connectivity index (χ0n) is 20.9. The number of hydrogen-bond donors (Lipinski definition) is 1. The van der Waals surface area contributed by atoms with Gasteiger partial charge in [-0.05, 0) is 38.3 Å². The number of fused-ring (bicyclic) bond motifs is 1. The van der Waals surface area contributed by atoms with Gasteiger partial charge in [-0.1, -0.05) is 35.9 Å². The average molecular weight is 532 g/mol. The molecule has 2 unspecified atom stereocenters. The van der Waals surface area contributed by atoms with Crippen molar-refractivity contribution >= 4 is 46.8 Å². The minimum atomic E-state index is -0.771. The lowest BCUT2D eigenvalue weighted by molar-refractivity contribution is -0.144. The second-order valence-electron chi connectivity index (χ2n) is 10.0. The molecule has 3 saturated heterocycles. The summed E-state index contributed by atoms with van der Waals surface area (Å²) in [6.07, 6.45) is 5.07. The van der Waals surface area contributed by atoms with Crippen molar-refractivity contribution in [3.63, 3.8) is 0 Å². The standard InChI is InChI=1S/C27H34ClN3O4S/c1-5-14-29(4)23(33)20-21-24(34)31(16-9-17-32)22(27(21)13-12-26(20,3)36-27)25(35)30(15-6-2)19-11-8-7-10-18(19)28/h5-8,10-11,20-22,32H,1-2,9,12-17H2,3-4H3/t20-,21+,22?,26+,27?/m1/s1. The van der Waals surface area contributed by atoms with E-state index >= 15 is 0 Å². The van der Waals surface area contributed by atoms with Crippen LogP contribution in [0.15, 0.2) is 49.6 Å². The van der Waals surface area contributed by atoms with Crippen molar-refractivity contribution in [3.05, 3.63) is 54.6 Å². The molecule has 7 nitrogen and oxygen atoms in total. The molecular formula is C27H34ClN3O4S. The number of carbonyl (C=O) groups is 3. The van der Waals surface area contributed by atoms with Crippen molar-refractivity contribution in [1.82, 2.24) is 9.80 Å². The van der Waals surface area contributed by atoms with E-state index in [0.717, 1.165) is 6.42 Å². The number of amides is 3. The van der Waals surface area contributed by atoms with Crippen LogP contribution in [-0.2, 0) is 14.4 Å². The molecular weight excluding hydrogens is 498 g/mol. The summed E-state index contributed by atoms with van der Waals surface area (Å²) in [6.45, 7) is 10.4. The van der Waals surface area contributed by atoms with Crippen LogP contribution in [0.4, 0.5) is 5.69 Å². The minimum Gasteiger partial charge on any atom is -0.396 e. The maximum absolute atomic E-state index is 14.4. The monoisotopic (exact) mass is 531 g/mol. The van der Waals surface area contributed by atoms with Gasteiger partial charge < -0.3 is 19.8 Å². The SMILES string of the molecule is C=CCN(C)C(=O)[C@H]1[C@H]2C(=O)N(CCCO)C(C(=O)N(CC=C)c3ccccc3Cl)C23CC[C@]1(C)S3. The molecule has 1 N–H and O–H groups in total. The maximum atomic E-state index is 14.4. The maximum Gasteiger partial charge on any atom is 0.251 e. The van der Waals surface area contributed by atoms with Gasteiger partial charge in [-0.3, -0.25) is 14.4 Å². The Hall–Kier alpha value is -2.29. The smallest absolute Gasteiger partial charge is 0.251 e. The number of anilines is 1. The van der Waals surface area contributed by atoms with E-state index in [1.165, 1.54) is 0 Å². The molecule has 3 heterocycles. The molecule has 9 heteroatoms. The molecule has 3 aliphatic rings. The van der Waals surface area contributed by atoms with E-state index in [-0.39, 0.29) is 37.4 Å². The van der Waals surface area contributed by atoms with Crippen LogP contribution in [0.3, 0.4) is 0 Å².